The molecule has 0 aromatic heterocycles. The fourth-order valence-electron chi connectivity index (χ4n) is 2.56. The van der Waals surface area contributed by atoms with E-state index >= 15 is 0 Å². The number of hydrogen-bond acceptors (Lipinski definition) is 3. The first kappa shape index (κ1) is 14.4. The van der Waals surface area contributed by atoms with Crippen LogP contribution in [0.5, 0.6) is 5.75 Å². The lowest BCUT2D eigenvalue weighted by atomic mass is 10.1. The largest absolute Gasteiger partial charge is 0.478 e. The van der Waals surface area contributed by atoms with Gasteiger partial charge >= 0.3 is 0 Å². The number of anilines is 2. The van der Waals surface area contributed by atoms with Crippen molar-refractivity contribution in [2.24, 2.45) is 0 Å². The van der Waals surface area contributed by atoms with Crippen LogP contribution in [0.3, 0.4) is 0 Å². The average Bonchev–Trinajstić information content (AvgIpc) is 2.52. The number of hydrogen-bond donors (Lipinski definition) is 1. The van der Waals surface area contributed by atoms with Crippen molar-refractivity contribution in [3.63, 3.8) is 0 Å². The fraction of sp³-hybridized carbons (Fsp3) is 0.235. The molecule has 0 saturated carbocycles. The molecule has 1 amide bonds. The van der Waals surface area contributed by atoms with E-state index in [1.807, 2.05) is 6.92 Å². The molecule has 0 bridgehead atoms. The molecule has 5 heteroatoms. The standard InChI is InChI=1S/C17H17FN2O2/c1-2-15-17(21)20(10-11-5-3-4-6-13(11)18)14-9-12(19)7-8-16(14)22-15/h3-9,15H,2,10,19H2,1H3/t15-/m0/s1. The highest BCUT2D eigenvalue weighted by Crippen LogP contribution is 2.37. The Balaban J connectivity index is 2.03. The molecule has 0 fully saturated rings. The maximum absolute atomic E-state index is 13.9. The number of carbonyl (C=O) groups is 1. The van der Waals surface area contributed by atoms with E-state index in [-0.39, 0.29) is 18.3 Å². The number of amides is 1. The molecule has 114 valence electrons. The van der Waals surface area contributed by atoms with Crippen molar-refractivity contribution in [2.75, 3.05) is 10.6 Å². The molecule has 3 rings (SSSR count). The highest BCUT2D eigenvalue weighted by molar-refractivity contribution is 6.00. The normalized spacial score (nSPS) is 17.1. The van der Waals surface area contributed by atoms with Gasteiger partial charge in [-0.2, -0.15) is 0 Å². The van der Waals surface area contributed by atoms with Gasteiger partial charge < -0.3 is 15.4 Å². The van der Waals surface area contributed by atoms with E-state index in [1.165, 1.54) is 6.07 Å². The van der Waals surface area contributed by atoms with Gasteiger partial charge in [-0.1, -0.05) is 25.1 Å². The number of nitrogens with two attached hydrogens (primary N) is 1. The van der Waals surface area contributed by atoms with Gasteiger partial charge in [0.1, 0.15) is 11.6 Å². The fourth-order valence-corrected chi connectivity index (χ4v) is 2.56. The molecular formula is C17H17FN2O2. The first-order valence-electron chi connectivity index (χ1n) is 7.21. The van der Waals surface area contributed by atoms with E-state index in [1.54, 1.807) is 41.3 Å². The second-order valence-electron chi connectivity index (χ2n) is 5.26. The van der Waals surface area contributed by atoms with Crippen molar-refractivity contribution in [1.82, 2.24) is 0 Å². The van der Waals surface area contributed by atoms with Gasteiger partial charge in [0.25, 0.3) is 5.91 Å². The molecule has 4 nitrogen and oxygen atoms in total. The van der Waals surface area contributed by atoms with Gasteiger partial charge in [0, 0.05) is 11.3 Å². The monoisotopic (exact) mass is 300 g/mol. The van der Waals surface area contributed by atoms with Crippen molar-refractivity contribution >= 4 is 17.3 Å². The lowest BCUT2D eigenvalue weighted by Gasteiger charge is -2.34. The van der Waals surface area contributed by atoms with Crippen LogP contribution in [0.25, 0.3) is 0 Å². The van der Waals surface area contributed by atoms with E-state index in [0.717, 1.165) is 0 Å². The number of fused-ring (bicyclic) bond motifs is 1. The molecule has 0 unspecified atom stereocenters. The van der Waals surface area contributed by atoms with Crippen LogP contribution in [0.2, 0.25) is 0 Å². The van der Waals surface area contributed by atoms with Crippen LogP contribution in [-0.2, 0) is 11.3 Å². The molecule has 0 saturated heterocycles. The lowest BCUT2D eigenvalue weighted by molar-refractivity contribution is -0.126. The van der Waals surface area contributed by atoms with Crippen molar-refractivity contribution < 1.29 is 13.9 Å². The summed E-state index contributed by atoms with van der Waals surface area (Å²) in [6, 6.07) is 11.6. The Morgan fingerprint density at radius 1 is 1.27 bits per heavy atom. The zero-order chi connectivity index (χ0) is 15.7. The summed E-state index contributed by atoms with van der Waals surface area (Å²) in [5, 5.41) is 0. The smallest absolute Gasteiger partial charge is 0.268 e. The Morgan fingerprint density at radius 2 is 2.05 bits per heavy atom. The first-order chi connectivity index (χ1) is 10.6. The van der Waals surface area contributed by atoms with Gasteiger partial charge in [-0.3, -0.25) is 4.79 Å². The predicted molar refractivity (Wildman–Crippen MR) is 83.2 cm³/mol. The van der Waals surface area contributed by atoms with Gasteiger partial charge in [0.2, 0.25) is 0 Å². The van der Waals surface area contributed by atoms with Gasteiger partial charge in [-0.25, -0.2) is 4.39 Å². The molecule has 22 heavy (non-hydrogen) atoms. The summed E-state index contributed by atoms with van der Waals surface area (Å²) >= 11 is 0. The van der Waals surface area contributed by atoms with Gasteiger partial charge in [0.05, 0.1) is 12.2 Å². The maximum Gasteiger partial charge on any atom is 0.268 e. The van der Waals surface area contributed by atoms with Gasteiger partial charge in [-0.05, 0) is 30.7 Å². The van der Waals surface area contributed by atoms with E-state index in [0.29, 0.717) is 29.1 Å². The Hall–Kier alpha value is -2.56. The number of nitrogens with zero attached hydrogens (tertiary/aromatic N) is 1. The molecule has 2 aromatic carbocycles. The van der Waals surface area contributed by atoms with Crippen LogP contribution in [-0.4, -0.2) is 12.0 Å². The highest BCUT2D eigenvalue weighted by Gasteiger charge is 2.33. The van der Waals surface area contributed by atoms with Crippen molar-refractivity contribution in [3.8, 4) is 5.75 Å². The molecule has 1 aliphatic rings. The Bertz CT molecular complexity index is 718. The van der Waals surface area contributed by atoms with E-state index < -0.39 is 6.10 Å². The summed E-state index contributed by atoms with van der Waals surface area (Å²) in [4.78, 5) is 14.1. The molecule has 1 aliphatic heterocycles. The number of halogens is 1. The second-order valence-corrected chi connectivity index (χ2v) is 5.26. The van der Waals surface area contributed by atoms with Crippen LogP contribution in [0.4, 0.5) is 15.8 Å². The minimum Gasteiger partial charge on any atom is -0.478 e. The zero-order valence-corrected chi connectivity index (χ0v) is 12.3. The number of carbonyl (C=O) groups excluding carboxylic acids is 1. The number of nitrogen functional groups attached to an aromatic ring is 1. The van der Waals surface area contributed by atoms with Crippen LogP contribution < -0.4 is 15.4 Å². The molecule has 2 aromatic rings. The third kappa shape index (κ3) is 2.50. The SMILES string of the molecule is CC[C@@H]1Oc2ccc(N)cc2N(Cc2ccccc2F)C1=O. The van der Waals surface area contributed by atoms with Gasteiger partial charge in [-0.15, -0.1) is 0 Å². The first-order valence-corrected chi connectivity index (χ1v) is 7.21. The zero-order valence-electron chi connectivity index (χ0n) is 12.3. The maximum atomic E-state index is 13.9. The van der Waals surface area contributed by atoms with Crippen LogP contribution in [0, 0.1) is 5.82 Å². The summed E-state index contributed by atoms with van der Waals surface area (Å²) in [5.41, 5.74) is 7.38. The van der Waals surface area contributed by atoms with Gasteiger partial charge in [0.15, 0.2) is 6.10 Å². The Kier molecular flexibility index (Phi) is 3.71. The number of rotatable bonds is 3. The summed E-state index contributed by atoms with van der Waals surface area (Å²) in [6.07, 6.45) is -0.000867. The summed E-state index contributed by atoms with van der Waals surface area (Å²) < 4.78 is 19.6. The molecular weight excluding hydrogens is 283 g/mol. The molecule has 1 atom stereocenters. The van der Waals surface area contributed by atoms with Crippen LogP contribution in [0.1, 0.15) is 18.9 Å². The lowest BCUT2D eigenvalue weighted by Crippen LogP contribution is -2.45. The summed E-state index contributed by atoms with van der Waals surface area (Å²) in [7, 11) is 0. The minimum absolute atomic E-state index is 0.155. The van der Waals surface area contributed by atoms with Crippen LogP contribution >= 0.6 is 0 Å². The number of ether oxygens (including phenoxy) is 1. The quantitative estimate of drug-likeness (QED) is 0.886. The third-order valence-electron chi connectivity index (χ3n) is 3.74. The molecule has 0 aliphatic carbocycles. The average molecular weight is 300 g/mol. The van der Waals surface area contributed by atoms with E-state index in [2.05, 4.69) is 0 Å². The molecule has 1 heterocycles. The van der Waals surface area contributed by atoms with E-state index in [4.69, 9.17) is 10.5 Å². The topological polar surface area (TPSA) is 55.6 Å². The second kappa shape index (κ2) is 5.67. The summed E-state index contributed by atoms with van der Waals surface area (Å²) in [6.45, 7) is 2.04. The Labute approximate surface area is 128 Å². The minimum atomic E-state index is -0.553. The van der Waals surface area contributed by atoms with E-state index in [9.17, 15) is 9.18 Å². The van der Waals surface area contributed by atoms with Crippen molar-refractivity contribution in [3.05, 3.63) is 53.8 Å². The van der Waals surface area contributed by atoms with Crippen molar-refractivity contribution in [2.45, 2.75) is 26.0 Å². The predicted octanol–water partition coefficient (Wildman–Crippen LogP) is 3.11. The molecule has 2 N–H and O–H groups in total. The number of benzene rings is 2. The summed E-state index contributed by atoms with van der Waals surface area (Å²) in [5.74, 6) is 0.0844. The molecule has 0 radical (unpaired) electrons. The van der Waals surface area contributed by atoms with Crippen molar-refractivity contribution in [1.29, 1.82) is 0 Å². The third-order valence-corrected chi connectivity index (χ3v) is 3.74. The van der Waals surface area contributed by atoms with Crippen LogP contribution in [0.15, 0.2) is 42.5 Å². The highest BCUT2D eigenvalue weighted by atomic mass is 19.1. The Morgan fingerprint density at radius 3 is 2.77 bits per heavy atom. The molecule has 0 spiro atoms.